The molecule has 0 aromatic carbocycles. The van der Waals surface area contributed by atoms with E-state index in [4.69, 9.17) is 4.42 Å². The Balaban J connectivity index is 1.92. The standard InChI is InChI=1S/C12H19NO/c1-9(10-5-6-10)12(13-2)8-11-4-3-7-14-11/h3-4,7,9-10,12-13H,5-6,8H2,1-2H3. The summed E-state index contributed by atoms with van der Waals surface area (Å²) in [5.74, 6) is 2.81. The van der Waals surface area contributed by atoms with E-state index in [1.807, 2.05) is 13.1 Å². The van der Waals surface area contributed by atoms with E-state index < -0.39 is 0 Å². The summed E-state index contributed by atoms with van der Waals surface area (Å²) in [6.07, 6.45) is 5.60. The molecule has 1 aliphatic rings. The van der Waals surface area contributed by atoms with Crippen LogP contribution in [0.4, 0.5) is 0 Å². The van der Waals surface area contributed by atoms with Crippen LogP contribution in [0.2, 0.25) is 0 Å². The van der Waals surface area contributed by atoms with Gasteiger partial charge in [-0.25, -0.2) is 0 Å². The van der Waals surface area contributed by atoms with Gasteiger partial charge >= 0.3 is 0 Å². The van der Waals surface area contributed by atoms with Gasteiger partial charge in [-0.15, -0.1) is 0 Å². The van der Waals surface area contributed by atoms with Gasteiger partial charge in [0, 0.05) is 12.5 Å². The molecule has 1 N–H and O–H groups in total. The first-order valence-electron chi connectivity index (χ1n) is 5.51. The van der Waals surface area contributed by atoms with E-state index in [1.54, 1.807) is 6.26 Å². The van der Waals surface area contributed by atoms with E-state index in [9.17, 15) is 0 Å². The van der Waals surface area contributed by atoms with Crippen LogP contribution >= 0.6 is 0 Å². The minimum Gasteiger partial charge on any atom is -0.469 e. The molecule has 0 aliphatic heterocycles. The summed E-state index contributed by atoms with van der Waals surface area (Å²) in [7, 11) is 2.05. The molecule has 1 saturated carbocycles. The highest BCUT2D eigenvalue weighted by molar-refractivity contribution is 5.02. The van der Waals surface area contributed by atoms with Crippen LogP contribution in [-0.2, 0) is 6.42 Å². The molecule has 2 nitrogen and oxygen atoms in total. The minimum atomic E-state index is 0.564. The van der Waals surface area contributed by atoms with Crippen LogP contribution in [0, 0.1) is 11.8 Å². The lowest BCUT2D eigenvalue weighted by Gasteiger charge is -2.22. The van der Waals surface area contributed by atoms with Crippen LogP contribution in [-0.4, -0.2) is 13.1 Å². The largest absolute Gasteiger partial charge is 0.469 e. The third-order valence-electron chi connectivity index (χ3n) is 3.37. The fourth-order valence-electron chi connectivity index (χ4n) is 2.15. The topological polar surface area (TPSA) is 25.2 Å². The number of hydrogen-bond acceptors (Lipinski definition) is 2. The Morgan fingerprint density at radius 3 is 2.86 bits per heavy atom. The number of rotatable bonds is 5. The van der Waals surface area contributed by atoms with Crippen molar-refractivity contribution < 1.29 is 4.42 Å². The molecule has 0 spiro atoms. The minimum absolute atomic E-state index is 0.564. The van der Waals surface area contributed by atoms with Crippen molar-refractivity contribution in [2.45, 2.75) is 32.2 Å². The van der Waals surface area contributed by atoms with Gasteiger partial charge < -0.3 is 9.73 Å². The van der Waals surface area contributed by atoms with Crippen LogP contribution in [0.15, 0.2) is 22.8 Å². The van der Waals surface area contributed by atoms with Gasteiger partial charge in [0.15, 0.2) is 0 Å². The van der Waals surface area contributed by atoms with E-state index in [-0.39, 0.29) is 0 Å². The smallest absolute Gasteiger partial charge is 0.105 e. The maximum absolute atomic E-state index is 5.38. The van der Waals surface area contributed by atoms with E-state index in [0.717, 1.165) is 24.0 Å². The summed E-state index contributed by atoms with van der Waals surface area (Å²) in [5, 5.41) is 3.40. The van der Waals surface area contributed by atoms with E-state index >= 15 is 0 Å². The average Bonchev–Trinajstić information content (AvgIpc) is 2.93. The predicted molar refractivity (Wildman–Crippen MR) is 57.1 cm³/mol. The number of furan rings is 1. The first kappa shape index (κ1) is 9.78. The van der Waals surface area contributed by atoms with Crippen molar-refractivity contribution in [1.29, 1.82) is 0 Å². The summed E-state index contributed by atoms with van der Waals surface area (Å²) in [5.41, 5.74) is 0. The monoisotopic (exact) mass is 193 g/mol. The molecule has 2 heteroatoms. The molecule has 1 fully saturated rings. The fourth-order valence-corrected chi connectivity index (χ4v) is 2.15. The van der Waals surface area contributed by atoms with E-state index in [0.29, 0.717) is 6.04 Å². The Bertz CT molecular complexity index is 264. The number of hydrogen-bond donors (Lipinski definition) is 1. The second-order valence-corrected chi connectivity index (χ2v) is 4.38. The quantitative estimate of drug-likeness (QED) is 0.777. The molecule has 0 amide bonds. The van der Waals surface area contributed by atoms with E-state index in [2.05, 4.69) is 18.3 Å². The van der Waals surface area contributed by atoms with Crippen molar-refractivity contribution in [2.24, 2.45) is 11.8 Å². The Morgan fingerprint density at radius 1 is 1.57 bits per heavy atom. The molecule has 1 heterocycles. The highest BCUT2D eigenvalue weighted by Gasteiger charge is 2.32. The molecule has 0 bridgehead atoms. The summed E-state index contributed by atoms with van der Waals surface area (Å²) >= 11 is 0. The van der Waals surface area contributed by atoms with Gasteiger partial charge in [0.2, 0.25) is 0 Å². The molecule has 1 aromatic heterocycles. The summed E-state index contributed by atoms with van der Waals surface area (Å²) in [6.45, 7) is 2.35. The molecule has 1 aromatic rings. The molecule has 2 atom stereocenters. The van der Waals surface area contributed by atoms with Crippen molar-refractivity contribution in [2.75, 3.05) is 7.05 Å². The zero-order valence-electron chi connectivity index (χ0n) is 8.99. The van der Waals surface area contributed by atoms with Crippen LogP contribution in [0.25, 0.3) is 0 Å². The van der Waals surface area contributed by atoms with Crippen molar-refractivity contribution in [3.8, 4) is 0 Å². The van der Waals surface area contributed by atoms with Gasteiger partial charge in [-0.3, -0.25) is 0 Å². The third-order valence-corrected chi connectivity index (χ3v) is 3.37. The first-order chi connectivity index (χ1) is 6.81. The number of likely N-dealkylation sites (N-methyl/N-ethyl adjacent to an activating group) is 1. The maximum atomic E-state index is 5.38. The lowest BCUT2D eigenvalue weighted by Crippen LogP contribution is -2.35. The zero-order chi connectivity index (χ0) is 9.97. The molecular formula is C12H19NO. The second kappa shape index (κ2) is 4.18. The Kier molecular flexibility index (Phi) is 2.92. The lowest BCUT2D eigenvalue weighted by molar-refractivity contribution is 0.337. The summed E-state index contributed by atoms with van der Waals surface area (Å²) in [6, 6.07) is 4.59. The van der Waals surface area contributed by atoms with Crippen LogP contribution in [0.1, 0.15) is 25.5 Å². The van der Waals surface area contributed by atoms with Gasteiger partial charge in [-0.1, -0.05) is 6.92 Å². The summed E-state index contributed by atoms with van der Waals surface area (Å²) in [4.78, 5) is 0. The average molecular weight is 193 g/mol. The Morgan fingerprint density at radius 2 is 2.36 bits per heavy atom. The van der Waals surface area contributed by atoms with Gasteiger partial charge in [0.05, 0.1) is 6.26 Å². The fraction of sp³-hybridized carbons (Fsp3) is 0.667. The molecule has 0 saturated heterocycles. The molecule has 78 valence electrons. The Hall–Kier alpha value is -0.760. The predicted octanol–water partition coefficient (Wildman–Crippen LogP) is 2.46. The van der Waals surface area contributed by atoms with Crippen molar-refractivity contribution >= 4 is 0 Å². The van der Waals surface area contributed by atoms with Crippen LogP contribution in [0.3, 0.4) is 0 Å². The third kappa shape index (κ3) is 2.18. The maximum Gasteiger partial charge on any atom is 0.105 e. The van der Waals surface area contributed by atoms with Gasteiger partial charge in [-0.05, 0) is 43.9 Å². The summed E-state index contributed by atoms with van der Waals surface area (Å²) < 4.78 is 5.38. The van der Waals surface area contributed by atoms with Crippen molar-refractivity contribution in [1.82, 2.24) is 5.32 Å². The lowest BCUT2D eigenvalue weighted by atomic mass is 9.93. The Labute approximate surface area is 85.7 Å². The van der Waals surface area contributed by atoms with Crippen molar-refractivity contribution in [3.63, 3.8) is 0 Å². The molecule has 2 rings (SSSR count). The van der Waals surface area contributed by atoms with Crippen LogP contribution in [0.5, 0.6) is 0 Å². The second-order valence-electron chi connectivity index (χ2n) is 4.38. The number of nitrogens with one attached hydrogen (secondary N) is 1. The van der Waals surface area contributed by atoms with Crippen molar-refractivity contribution in [3.05, 3.63) is 24.2 Å². The normalized spacial score (nSPS) is 20.7. The van der Waals surface area contributed by atoms with Crippen LogP contribution < -0.4 is 5.32 Å². The molecule has 0 radical (unpaired) electrons. The van der Waals surface area contributed by atoms with Gasteiger partial charge in [0.25, 0.3) is 0 Å². The highest BCUT2D eigenvalue weighted by Crippen LogP contribution is 2.38. The molecular weight excluding hydrogens is 174 g/mol. The van der Waals surface area contributed by atoms with E-state index in [1.165, 1.54) is 12.8 Å². The first-order valence-corrected chi connectivity index (χ1v) is 5.51. The highest BCUT2D eigenvalue weighted by atomic mass is 16.3. The molecule has 14 heavy (non-hydrogen) atoms. The zero-order valence-corrected chi connectivity index (χ0v) is 8.99. The van der Waals surface area contributed by atoms with Gasteiger partial charge in [-0.2, -0.15) is 0 Å². The van der Waals surface area contributed by atoms with Gasteiger partial charge in [0.1, 0.15) is 5.76 Å². The SMILES string of the molecule is CNC(Cc1ccco1)C(C)C1CC1. The molecule has 2 unspecified atom stereocenters. The molecule has 1 aliphatic carbocycles.